The summed E-state index contributed by atoms with van der Waals surface area (Å²) in [6, 6.07) is 0. The zero-order chi connectivity index (χ0) is 17.1. The van der Waals surface area contributed by atoms with Crippen molar-refractivity contribution >= 4 is 11.9 Å². The van der Waals surface area contributed by atoms with Crippen LogP contribution < -0.4 is 5.32 Å². The third-order valence-corrected chi connectivity index (χ3v) is 4.33. The van der Waals surface area contributed by atoms with Gasteiger partial charge in [-0.2, -0.15) is 13.2 Å². The number of piperidine rings is 1. The lowest BCUT2D eigenvalue weighted by atomic mass is 9.81. The molecule has 0 bridgehead atoms. The average Bonchev–Trinajstić information content (AvgIpc) is 2.98. The number of amides is 1. The van der Waals surface area contributed by atoms with Crippen LogP contribution in [0.3, 0.4) is 0 Å². The quantitative estimate of drug-likeness (QED) is 0.750. The maximum Gasteiger partial charge on any atom is 0.490 e. The summed E-state index contributed by atoms with van der Waals surface area (Å²) in [7, 11) is 0. The van der Waals surface area contributed by atoms with Gasteiger partial charge in [-0.1, -0.05) is 6.42 Å². The Morgan fingerprint density at radius 1 is 1.22 bits per heavy atom. The number of alkyl halides is 3. The highest BCUT2D eigenvalue weighted by Gasteiger charge is 2.47. The molecule has 0 aromatic rings. The number of aliphatic carboxylic acids is 1. The second-order valence-electron chi connectivity index (χ2n) is 6.16. The third kappa shape index (κ3) is 4.57. The van der Waals surface area contributed by atoms with Crippen LogP contribution in [-0.4, -0.2) is 65.9 Å². The number of nitrogens with zero attached hydrogens (tertiary/aromatic N) is 1. The smallest absolute Gasteiger partial charge is 0.475 e. The topological polar surface area (TPSA) is 78.9 Å². The number of ether oxygens (including phenoxy) is 1. The summed E-state index contributed by atoms with van der Waals surface area (Å²) in [6.45, 7) is 3.66. The highest BCUT2D eigenvalue weighted by atomic mass is 19.4. The summed E-state index contributed by atoms with van der Waals surface area (Å²) >= 11 is 0. The van der Waals surface area contributed by atoms with Gasteiger partial charge in [-0.05, 0) is 32.2 Å². The molecule has 1 atom stereocenters. The summed E-state index contributed by atoms with van der Waals surface area (Å²) in [5, 5.41) is 10.7. The summed E-state index contributed by atoms with van der Waals surface area (Å²) in [6.07, 6.45) is 0.531. The molecule has 3 aliphatic rings. The Balaban J connectivity index is 0.000000236. The lowest BCUT2D eigenvalue weighted by Crippen LogP contribution is -2.72. The molecule has 9 heteroatoms. The van der Waals surface area contributed by atoms with Crippen LogP contribution in [0.15, 0.2) is 0 Å². The minimum Gasteiger partial charge on any atom is -0.475 e. The van der Waals surface area contributed by atoms with Crippen LogP contribution in [-0.2, 0) is 14.3 Å². The fourth-order valence-corrected chi connectivity index (χ4v) is 3.12. The number of hydrogen-bond donors (Lipinski definition) is 2. The van der Waals surface area contributed by atoms with Gasteiger partial charge >= 0.3 is 12.1 Å². The minimum atomic E-state index is -5.08. The van der Waals surface area contributed by atoms with Crippen molar-refractivity contribution in [1.29, 1.82) is 0 Å². The Morgan fingerprint density at radius 3 is 2.30 bits per heavy atom. The van der Waals surface area contributed by atoms with Gasteiger partial charge in [0.2, 0.25) is 0 Å². The van der Waals surface area contributed by atoms with Crippen LogP contribution in [0.5, 0.6) is 0 Å². The summed E-state index contributed by atoms with van der Waals surface area (Å²) in [5.74, 6) is -2.54. The summed E-state index contributed by atoms with van der Waals surface area (Å²) in [4.78, 5) is 22.9. The van der Waals surface area contributed by atoms with Gasteiger partial charge in [0.25, 0.3) is 5.91 Å². The zero-order valence-electron chi connectivity index (χ0n) is 12.7. The average molecular weight is 338 g/mol. The number of nitrogens with one attached hydrogen (secondary N) is 1. The molecule has 0 aromatic carbocycles. The normalized spacial score (nSPS) is 26.2. The van der Waals surface area contributed by atoms with Crippen molar-refractivity contribution in [1.82, 2.24) is 10.2 Å². The first-order valence-corrected chi connectivity index (χ1v) is 7.69. The highest BCUT2D eigenvalue weighted by molar-refractivity contribution is 5.82. The SMILES string of the molecule is O=C(C1CCCO1)N1CC2(CCCCN2)C1.O=C(O)C(F)(F)F. The van der Waals surface area contributed by atoms with E-state index in [1.807, 2.05) is 4.90 Å². The first kappa shape index (κ1) is 18.0. The van der Waals surface area contributed by atoms with Crippen molar-refractivity contribution in [2.24, 2.45) is 0 Å². The van der Waals surface area contributed by atoms with Crippen LogP contribution in [0.25, 0.3) is 0 Å². The van der Waals surface area contributed by atoms with Crippen molar-refractivity contribution in [3.05, 3.63) is 0 Å². The molecule has 2 N–H and O–H groups in total. The molecule has 0 aromatic heterocycles. The number of carboxylic acids is 1. The molecule has 3 aliphatic heterocycles. The molecule has 3 rings (SSSR count). The molecule has 0 radical (unpaired) electrons. The molecule has 1 spiro atoms. The maximum atomic E-state index is 12.0. The van der Waals surface area contributed by atoms with Crippen LogP contribution >= 0.6 is 0 Å². The van der Waals surface area contributed by atoms with E-state index in [0.717, 1.165) is 39.1 Å². The molecule has 3 heterocycles. The van der Waals surface area contributed by atoms with E-state index in [1.165, 1.54) is 19.3 Å². The number of carbonyl (C=O) groups excluding carboxylic acids is 1. The predicted octanol–water partition coefficient (Wildman–Crippen LogP) is 1.15. The van der Waals surface area contributed by atoms with Gasteiger partial charge in [0.1, 0.15) is 6.10 Å². The van der Waals surface area contributed by atoms with Gasteiger partial charge in [0.15, 0.2) is 0 Å². The second-order valence-corrected chi connectivity index (χ2v) is 6.16. The molecule has 3 saturated heterocycles. The van der Waals surface area contributed by atoms with E-state index in [1.54, 1.807) is 0 Å². The fourth-order valence-electron chi connectivity index (χ4n) is 3.12. The van der Waals surface area contributed by atoms with Crippen LogP contribution in [0.1, 0.15) is 32.1 Å². The molecule has 23 heavy (non-hydrogen) atoms. The minimum absolute atomic E-state index is 0.138. The molecule has 6 nitrogen and oxygen atoms in total. The van der Waals surface area contributed by atoms with Gasteiger partial charge in [-0.3, -0.25) is 4.79 Å². The van der Waals surface area contributed by atoms with Gasteiger partial charge in [-0.15, -0.1) is 0 Å². The molecular formula is C14H21F3N2O4. The van der Waals surface area contributed by atoms with Crippen molar-refractivity contribution < 1.29 is 32.6 Å². The molecule has 0 aliphatic carbocycles. The van der Waals surface area contributed by atoms with Crippen molar-refractivity contribution in [3.8, 4) is 0 Å². The Bertz CT molecular complexity index is 436. The lowest BCUT2D eigenvalue weighted by Gasteiger charge is -2.53. The van der Waals surface area contributed by atoms with Gasteiger partial charge in [-0.25, -0.2) is 4.79 Å². The Morgan fingerprint density at radius 2 is 1.87 bits per heavy atom. The molecule has 3 fully saturated rings. The van der Waals surface area contributed by atoms with Crippen LogP contribution in [0, 0.1) is 0 Å². The van der Waals surface area contributed by atoms with Gasteiger partial charge < -0.3 is 20.1 Å². The van der Waals surface area contributed by atoms with E-state index < -0.39 is 12.1 Å². The van der Waals surface area contributed by atoms with E-state index in [2.05, 4.69) is 5.32 Å². The zero-order valence-corrected chi connectivity index (χ0v) is 12.7. The number of rotatable bonds is 1. The summed E-state index contributed by atoms with van der Waals surface area (Å²) in [5.41, 5.74) is 0.256. The standard InChI is InChI=1S/C12H20N2O2.C2HF3O2/c15-11(10-4-3-7-16-10)14-8-12(9-14)5-1-2-6-13-12;3-2(4,5)1(6)7/h10,13H,1-9H2;(H,6,7). The molecule has 1 unspecified atom stereocenters. The first-order valence-electron chi connectivity index (χ1n) is 7.69. The highest BCUT2D eigenvalue weighted by Crippen LogP contribution is 2.31. The fraction of sp³-hybridized carbons (Fsp3) is 0.857. The summed E-state index contributed by atoms with van der Waals surface area (Å²) < 4.78 is 37.2. The Labute approximate surface area is 132 Å². The molecule has 132 valence electrons. The third-order valence-electron chi connectivity index (χ3n) is 4.33. The van der Waals surface area contributed by atoms with Crippen LogP contribution in [0.2, 0.25) is 0 Å². The molecular weight excluding hydrogens is 317 g/mol. The first-order chi connectivity index (χ1) is 10.7. The van der Waals surface area contributed by atoms with Crippen molar-refractivity contribution in [2.75, 3.05) is 26.2 Å². The number of hydrogen-bond acceptors (Lipinski definition) is 4. The van der Waals surface area contributed by atoms with Gasteiger partial charge in [0, 0.05) is 19.7 Å². The second kappa shape index (κ2) is 7.04. The van der Waals surface area contributed by atoms with Crippen molar-refractivity contribution in [2.45, 2.75) is 49.9 Å². The number of carbonyl (C=O) groups is 2. The molecule has 1 amide bonds. The van der Waals surface area contributed by atoms with E-state index >= 15 is 0 Å². The monoisotopic (exact) mass is 338 g/mol. The van der Waals surface area contributed by atoms with E-state index in [4.69, 9.17) is 14.6 Å². The maximum absolute atomic E-state index is 12.0. The van der Waals surface area contributed by atoms with E-state index in [0.29, 0.717) is 0 Å². The number of halogens is 3. The number of carboxylic acid groups (broad SMARTS) is 1. The van der Waals surface area contributed by atoms with Gasteiger partial charge in [0.05, 0.1) is 5.54 Å². The Hall–Kier alpha value is -1.35. The predicted molar refractivity (Wildman–Crippen MR) is 73.8 cm³/mol. The van der Waals surface area contributed by atoms with Crippen molar-refractivity contribution in [3.63, 3.8) is 0 Å². The van der Waals surface area contributed by atoms with Crippen LogP contribution in [0.4, 0.5) is 13.2 Å². The lowest BCUT2D eigenvalue weighted by molar-refractivity contribution is -0.192. The number of likely N-dealkylation sites (tertiary alicyclic amines) is 1. The molecule has 0 saturated carbocycles. The Kier molecular flexibility index (Phi) is 5.51. The van der Waals surface area contributed by atoms with E-state index in [-0.39, 0.29) is 17.6 Å². The van der Waals surface area contributed by atoms with E-state index in [9.17, 15) is 18.0 Å². The largest absolute Gasteiger partial charge is 0.490 e.